The van der Waals surface area contributed by atoms with Crippen LogP contribution in [0.1, 0.15) is 18.9 Å². The molecule has 0 aliphatic carbocycles. The Morgan fingerprint density at radius 2 is 2.35 bits per heavy atom. The fraction of sp³-hybridized carbons (Fsp3) is 0.462. The highest BCUT2D eigenvalue weighted by molar-refractivity contribution is 5.82. The lowest BCUT2D eigenvalue weighted by atomic mass is 10.0. The molecule has 0 unspecified atom stereocenters. The molecule has 1 aliphatic heterocycles. The van der Waals surface area contributed by atoms with Crippen LogP contribution in [0.15, 0.2) is 18.2 Å². The lowest BCUT2D eigenvalue weighted by Crippen LogP contribution is -2.39. The zero-order valence-corrected chi connectivity index (χ0v) is 10.2. The summed E-state index contributed by atoms with van der Waals surface area (Å²) in [6, 6.07) is 5.93. The first-order chi connectivity index (χ1) is 8.20. The molecule has 0 fully saturated rings. The van der Waals surface area contributed by atoms with E-state index in [9.17, 15) is 4.79 Å². The van der Waals surface area contributed by atoms with Gasteiger partial charge < -0.3 is 16.0 Å². The number of benzene rings is 1. The van der Waals surface area contributed by atoms with E-state index in [-0.39, 0.29) is 5.91 Å². The molecule has 1 aliphatic rings. The van der Waals surface area contributed by atoms with Gasteiger partial charge in [0.25, 0.3) is 0 Å². The van der Waals surface area contributed by atoms with Crippen LogP contribution in [-0.4, -0.2) is 25.5 Å². The van der Waals surface area contributed by atoms with E-state index in [2.05, 4.69) is 10.2 Å². The van der Waals surface area contributed by atoms with Crippen LogP contribution in [0.4, 0.5) is 11.4 Å². The van der Waals surface area contributed by atoms with E-state index in [0.717, 1.165) is 30.8 Å². The Hall–Kier alpha value is -1.71. The SMILES string of the molecule is CCNC(=O)CN1CCCc2cc(N)ccc21. The Labute approximate surface area is 102 Å². The van der Waals surface area contributed by atoms with Crippen molar-refractivity contribution in [1.82, 2.24) is 5.32 Å². The molecule has 4 nitrogen and oxygen atoms in total. The summed E-state index contributed by atoms with van der Waals surface area (Å²) < 4.78 is 0. The van der Waals surface area contributed by atoms with E-state index in [1.807, 2.05) is 25.1 Å². The molecule has 1 aromatic carbocycles. The lowest BCUT2D eigenvalue weighted by molar-refractivity contribution is -0.119. The topological polar surface area (TPSA) is 58.4 Å². The molecule has 1 heterocycles. The van der Waals surface area contributed by atoms with Crippen LogP contribution < -0.4 is 16.0 Å². The Morgan fingerprint density at radius 3 is 3.12 bits per heavy atom. The summed E-state index contributed by atoms with van der Waals surface area (Å²) in [6.07, 6.45) is 2.13. The van der Waals surface area contributed by atoms with Crippen molar-refractivity contribution in [3.05, 3.63) is 23.8 Å². The molecule has 4 heteroatoms. The molecule has 0 saturated carbocycles. The van der Waals surface area contributed by atoms with Gasteiger partial charge in [-0.15, -0.1) is 0 Å². The van der Waals surface area contributed by atoms with Gasteiger partial charge in [-0.25, -0.2) is 0 Å². The lowest BCUT2D eigenvalue weighted by Gasteiger charge is -2.30. The number of carbonyl (C=O) groups is 1. The third-order valence-electron chi connectivity index (χ3n) is 3.03. The second kappa shape index (κ2) is 5.08. The van der Waals surface area contributed by atoms with Crippen molar-refractivity contribution in [1.29, 1.82) is 0 Å². The number of amides is 1. The molecular weight excluding hydrogens is 214 g/mol. The number of nitrogens with one attached hydrogen (secondary N) is 1. The summed E-state index contributed by atoms with van der Waals surface area (Å²) in [5.74, 6) is 0.0807. The molecule has 17 heavy (non-hydrogen) atoms. The molecule has 0 saturated heterocycles. The minimum Gasteiger partial charge on any atom is -0.399 e. The van der Waals surface area contributed by atoms with Crippen molar-refractivity contribution in [2.24, 2.45) is 0 Å². The summed E-state index contributed by atoms with van der Waals surface area (Å²) >= 11 is 0. The summed E-state index contributed by atoms with van der Waals surface area (Å²) in [5.41, 5.74) is 8.97. The number of nitrogens with two attached hydrogens (primary N) is 1. The number of fused-ring (bicyclic) bond motifs is 1. The monoisotopic (exact) mass is 233 g/mol. The van der Waals surface area contributed by atoms with Crippen molar-refractivity contribution < 1.29 is 4.79 Å². The standard InChI is InChI=1S/C13H19N3O/c1-2-15-13(17)9-16-7-3-4-10-8-11(14)5-6-12(10)16/h5-6,8H,2-4,7,9,14H2,1H3,(H,15,17). The molecule has 92 valence electrons. The van der Waals surface area contributed by atoms with Gasteiger partial charge >= 0.3 is 0 Å². The highest BCUT2D eigenvalue weighted by Gasteiger charge is 2.18. The van der Waals surface area contributed by atoms with E-state index in [0.29, 0.717) is 13.1 Å². The highest BCUT2D eigenvalue weighted by Crippen LogP contribution is 2.28. The average Bonchev–Trinajstić information content (AvgIpc) is 2.29. The van der Waals surface area contributed by atoms with Gasteiger partial charge in [-0.05, 0) is 43.5 Å². The van der Waals surface area contributed by atoms with Crippen LogP contribution in [0.25, 0.3) is 0 Å². The van der Waals surface area contributed by atoms with Gasteiger partial charge in [0.1, 0.15) is 0 Å². The molecule has 1 aromatic rings. The van der Waals surface area contributed by atoms with Gasteiger partial charge in [-0.3, -0.25) is 4.79 Å². The number of aryl methyl sites for hydroxylation is 1. The largest absolute Gasteiger partial charge is 0.399 e. The van der Waals surface area contributed by atoms with E-state index in [1.165, 1.54) is 5.56 Å². The molecule has 1 amide bonds. The minimum absolute atomic E-state index is 0.0807. The molecule has 2 rings (SSSR count). The second-order valence-corrected chi connectivity index (χ2v) is 4.37. The van der Waals surface area contributed by atoms with Crippen LogP contribution in [0.2, 0.25) is 0 Å². The number of nitrogen functional groups attached to an aromatic ring is 1. The molecule has 0 radical (unpaired) electrons. The van der Waals surface area contributed by atoms with Crippen molar-refractivity contribution in [3.63, 3.8) is 0 Å². The maximum Gasteiger partial charge on any atom is 0.239 e. The number of rotatable bonds is 3. The zero-order chi connectivity index (χ0) is 12.3. The first-order valence-corrected chi connectivity index (χ1v) is 6.10. The van der Waals surface area contributed by atoms with E-state index < -0.39 is 0 Å². The number of carbonyl (C=O) groups excluding carboxylic acids is 1. The highest BCUT2D eigenvalue weighted by atomic mass is 16.2. The number of likely N-dealkylation sites (N-methyl/N-ethyl adjacent to an activating group) is 1. The Morgan fingerprint density at radius 1 is 1.53 bits per heavy atom. The van der Waals surface area contributed by atoms with Crippen LogP contribution in [0, 0.1) is 0 Å². The van der Waals surface area contributed by atoms with Crippen molar-refractivity contribution in [2.75, 3.05) is 30.3 Å². The van der Waals surface area contributed by atoms with Crippen LogP contribution >= 0.6 is 0 Å². The van der Waals surface area contributed by atoms with Gasteiger partial charge in [-0.2, -0.15) is 0 Å². The zero-order valence-electron chi connectivity index (χ0n) is 10.2. The van der Waals surface area contributed by atoms with E-state index in [1.54, 1.807) is 0 Å². The van der Waals surface area contributed by atoms with Gasteiger partial charge in [0.15, 0.2) is 0 Å². The first-order valence-electron chi connectivity index (χ1n) is 6.10. The maximum atomic E-state index is 11.6. The number of hydrogen-bond donors (Lipinski definition) is 2. The smallest absolute Gasteiger partial charge is 0.239 e. The fourth-order valence-electron chi connectivity index (χ4n) is 2.29. The second-order valence-electron chi connectivity index (χ2n) is 4.37. The van der Waals surface area contributed by atoms with Gasteiger partial charge in [0, 0.05) is 24.5 Å². The van der Waals surface area contributed by atoms with E-state index in [4.69, 9.17) is 5.73 Å². The Balaban J connectivity index is 2.14. The third kappa shape index (κ3) is 2.70. The summed E-state index contributed by atoms with van der Waals surface area (Å²) in [7, 11) is 0. The summed E-state index contributed by atoms with van der Waals surface area (Å²) in [5, 5.41) is 2.83. The first kappa shape index (κ1) is 11.8. The summed E-state index contributed by atoms with van der Waals surface area (Å²) in [6.45, 7) is 3.99. The van der Waals surface area contributed by atoms with Crippen molar-refractivity contribution in [3.8, 4) is 0 Å². The predicted molar refractivity (Wildman–Crippen MR) is 70.1 cm³/mol. The normalized spacial score (nSPS) is 14.3. The number of nitrogens with zero attached hydrogens (tertiary/aromatic N) is 1. The summed E-state index contributed by atoms with van der Waals surface area (Å²) in [4.78, 5) is 13.7. The van der Waals surface area contributed by atoms with E-state index >= 15 is 0 Å². The minimum atomic E-state index is 0.0807. The fourth-order valence-corrected chi connectivity index (χ4v) is 2.29. The molecule has 0 atom stereocenters. The molecule has 0 spiro atoms. The third-order valence-corrected chi connectivity index (χ3v) is 3.03. The molecule has 3 N–H and O–H groups in total. The van der Waals surface area contributed by atoms with Crippen molar-refractivity contribution >= 4 is 17.3 Å². The molecule has 0 aromatic heterocycles. The van der Waals surface area contributed by atoms with Gasteiger partial charge in [0.2, 0.25) is 5.91 Å². The maximum absolute atomic E-state index is 11.6. The molecular formula is C13H19N3O. The predicted octanol–water partition coefficient (Wildman–Crippen LogP) is 1.16. The van der Waals surface area contributed by atoms with Crippen LogP contribution in [-0.2, 0) is 11.2 Å². The van der Waals surface area contributed by atoms with Gasteiger partial charge in [0.05, 0.1) is 6.54 Å². The Bertz CT molecular complexity index is 417. The Kier molecular flexibility index (Phi) is 3.52. The average molecular weight is 233 g/mol. The van der Waals surface area contributed by atoms with Gasteiger partial charge in [-0.1, -0.05) is 0 Å². The van der Waals surface area contributed by atoms with Crippen LogP contribution in [0.3, 0.4) is 0 Å². The van der Waals surface area contributed by atoms with Crippen LogP contribution in [0.5, 0.6) is 0 Å². The van der Waals surface area contributed by atoms with Crippen molar-refractivity contribution in [2.45, 2.75) is 19.8 Å². The number of hydrogen-bond acceptors (Lipinski definition) is 3. The number of anilines is 2. The molecule has 0 bridgehead atoms. The quantitative estimate of drug-likeness (QED) is 0.770.